The molecule has 4 heteroatoms. The van der Waals surface area contributed by atoms with Gasteiger partial charge in [0, 0.05) is 5.39 Å². The third-order valence-electron chi connectivity index (χ3n) is 2.60. The van der Waals surface area contributed by atoms with Crippen LogP contribution in [-0.2, 0) is 0 Å². The lowest BCUT2D eigenvalue weighted by Gasteiger charge is -1.97. The van der Waals surface area contributed by atoms with Crippen LogP contribution in [0, 0.1) is 0 Å². The van der Waals surface area contributed by atoms with Crippen LogP contribution in [0.2, 0.25) is 0 Å². The second-order valence-corrected chi connectivity index (χ2v) is 4.46. The number of aromatic amines is 1. The zero-order valence-electron chi connectivity index (χ0n) is 13.2. The summed E-state index contributed by atoms with van der Waals surface area (Å²) in [5, 5.41) is 7.91. The maximum absolute atomic E-state index is 11.7. The summed E-state index contributed by atoms with van der Waals surface area (Å²) in [5.41, 5.74) is 2.21. The van der Waals surface area contributed by atoms with Crippen LogP contribution in [-0.4, -0.2) is 10.2 Å². The van der Waals surface area contributed by atoms with Crippen molar-refractivity contribution in [3.8, 4) is 0 Å². The Bertz CT molecular complexity index is 537. The standard InChI is InChI=1S/C8H12F2.C7H6N2.C2H6/c1-6(2)4-5-7(3)8(9)10;1-2-4-7-6(3-1)5-8-9-7;1-2/h1,4-5H2,2-3H3;1-5H,(H,8,9);1-2H3. The first-order valence-electron chi connectivity index (χ1n) is 7.04. The quantitative estimate of drug-likeness (QED) is 0.680. The first-order chi connectivity index (χ1) is 10.0. The summed E-state index contributed by atoms with van der Waals surface area (Å²) in [6.45, 7) is 10.9. The predicted molar refractivity (Wildman–Crippen MR) is 86.4 cm³/mol. The molecule has 0 radical (unpaired) electrons. The molecule has 2 aromatic rings. The van der Waals surface area contributed by atoms with E-state index in [1.165, 1.54) is 6.92 Å². The number of rotatable bonds is 3. The monoisotopic (exact) mass is 294 g/mol. The van der Waals surface area contributed by atoms with E-state index in [4.69, 9.17) is 0 Å². The lowest BCUT2D eigenvalue weighted by atomic mass is 10.1. The first-order valence-corrected chi connectivity index (χ1v) is 7.04. The van der Waals surface area contributed by atoms with E-state index in [-0.39, 0.29) is 5.57 Å². The molecule has 1 aromatic heterocycles. The number of benzene rings is 1. The van der Waals surface area contributed by atoms with Crippen molar-refractivity contribution < 1.29 is 8.78 Å². The normalized spacial score (nSPS) is 9.05. The van der Waals surface area contributed by atoms with Crippen LogP contribution < -0.4 is 0 Å². The predicted octanol–water partition coefficient (Wildman–Crippen LogP) is 6.10. The zero-order chi connectivity index (χ0) is 16.3. The van der Waals surface area contributed by atoms with Crippen LogP contribution in [0.3, 0.4) is 0 Å². The number of nitrogens with one attached hydrogen (secondary N) is 1. The van der Waals surface area contributed by atoms with Gasteiger partial charge in [-0.2, -0.15) is 13.9 Å². The highest BCUT2D eigenvalue weighted by atomic mass is 19.3. The lowest BCUT2D eigenvalue weighted by Crippen LogP contribution is -1.80. The molecule has 0 unspecified atom stereocenters. The van der Waals surface area contributed by atoms with E-state index in [2.05, 4.69) is 16.8 Å². The molecule has 0 bridgehead atoms. The minimum atomic E-state index is -1.55. The number of fused-ring (bicyclic) bond motifs is 1. The highest BCUT2D eigenvalue weighted by molar-refractivity contribution is 5.77. The van der Waals surface area contributed by atoms with Gasteiger partial charge in [-0.05, 0) is 38.3 Å². The molecule has 0 aliphatic carbocycles. The van der Waals surface area contributed by atoms with Gasteiger partial charge >= 0.3 is 0 Å². The molecular weight excluding hydrogens is 270 g/mol. The van der Waals surface area contributed by atoms with Crippen molar-refractivity contribution in [2.24, 2.45) is 0 Å². The molecule has 0 saturated carbocycles. The molecule has 116 valence electrons. The molecule has 0 spiro atoms. The Morgan fingerprint density at radius 1 is 1.14 bits per heavy atom. The Labute approximate surface area is 125 Å². The maximum atomic E-state index is 11.7. The Hall–Kier alpha value is -1.97. The van der Waals surface area contributed by atoms with E-state index in [1.54, 1.807) is 0 Å². The molecule has 0 atom stereocenters. The molecule has 0 fully saturated rings. The van der Waals surface area contributed by atoms with Gasteiger partial charge < -0.3 is 0 Å². The Morgan fingerprint density at radius 2 is 1.76 bits per heavy atom. The molecule has 0 aliphatic rings. The fraction of sp³-hybridized carbons (Fsp3) is 0.353. The summed E-state index contributed by atoms with van der Waals surface area (Å²) in [6, 6.07) is 8.01. The summed E-state index contributed by atoms with van der Waals surface area (Å²) in [5.74, 6) is 0. The van der Waals surface area contributed by atoms with Crippen molar-refractivity contribution in [3.05, 3.63) is 54.3 Å². The lowest BCUT2D eigenvalue weighted by molar-refractivity contribution is 0.408. The summed E-state index contributed by atoms with van der Waals surface area (Å²) in [7, 11) is 0. The van der Waals surface area contributed by atoms with E-state index in [1.807, 2.05) is 51.2 Å². The SMILES string of the molecule is C=C(C)CCC(C)=C(F)F.CC.c1ccc2[nH]ncc2c1. The number of para-hydroxylation sites is 1. The second kappa shape index (κ2) is 10.8. The van der Waals surface area contributed by atoms with Gasteiger partial charge in [-0.1, -0.05) is 37.6 Å². The molecule has 1 N–H and O–H groups in total. The van der Waals surface area contributed by atoms with E-state index in [0.29, 0.717) is 12.8 Å². The average Bonchev–Trinajstić information content (AvgIpc) is 2.95. The maximum Gasteiger partial charge on any atom is 0.269 e. The van der Waals surface area contributed by atoms with Gasteiger partial charge in [-0.3, -0.25) is 5.10 Å². The third kappa shape index (κ3) is 8.02. The van der Waals surface area contributed by atoms with Crippen molar-refractivity contribution in [3.63, 3.8) is 0 Å². The van der Waals surface area contributed by atoms with Gasteiger partial charge in [0.05, 0.1) is 11.7 Å². The van der Waals surface area contributed by atoms with Gasteiger partial charge in [-0.15, -0.1) is 6.58 Å². The van der Waals surface area contributed by atoms with Crippen molar-refractivity contribution in [1.29, 1.82) is 0 Å². The number of nitrogens with zero attached hydrogens (tertiary/aromatic N) is 1. The van der Waals surface area contributed by atoms with Crippen LogP contribution in [0.1, 0.15) is 40.5 Å². The van der Waals surface area contributed by atoms with Gasteiger partial charge in [0.1, 0.15) is 0 Å². The van der Waals surface area contributed by atoms with Gasteiger partial charge in [0.15, 0.2) is 0 Å². The topological polar surface area (TPSA) is 28.7 Å². The Morgan fingerprint density at radius 3 is 2.29 bits per heavy atom. The molecular formula is C17H24F2N2. The second-order valence-electron chi connectivity index (χ2n) is 4.46. The van der Waals surface area contributed by atoms with Gasteiger partial charge in [-0.25, -0.2) is 0 Å². The number of hydrogen-bond acceptors (Lipinski definition) is 1. The average molecular weight is 294 g/mol. The minimum Gasteiger partial charge on any atom is -0.278 e. The molecule has 1 heterocycles. The van der Waals surface area contributed by atoms with Crippen molar-refractivity contribution in [2.45, 2.75) is 40.5 Å². The third-order valence-corrected chi connectivity index (χ3v) is 2.60. The molecule has 0 saturated heterocycles. The Kier molecular flexibility index (Phi) is 9.76. The molecule has 21 heavy (non-hydrogen) atoms. The fourth-order valence-electron chi connectivity index (χ4n) is 1.38. The van der Waals surface area contributed by atoms with E-state index in [9.17, 15) is 8.78 Å². The molecule has 1 aromatic carbocycles. The van der Waals surface area contributed by atoms with E-state index in [0.717, 1.165) is 16.5 Å². The van der Waals surface area contributed by atoms with Crippen LogP contribution in [0.15, 0.2) is 54.3 Å². The van der Waals surface area contributed by atoms with Crippen LogP contribution in [0.5, 0.6) is 0 Å². The summed E-state index contributed by atoms with van der Waals surface area (Å²) in [4.78, 5) is 0. The smallest absolute Gasteiger partial charge is 0.269 e. The number of aromatic nitrogens is 2. The van der Waals surface area contributed by atoms with Crippen LogP contribution in [0.25, 0.3) is 10.9 Å². The van der Waals surface area contributed by atoms with Crippen LogP contribution in [0.4, 0.5) is 8.78 Å². The van der Waals surface area contributed by atoms with E-state index < -0.39 is 6.08 Å². The van der Waals surface area contributed by atoms with Crippen molar-refractivity contribution in [2.75, 3.05) is 0 Å². The van der Waals surface area contributed by atoms with Crippen molar-refractivity contribution in [1.82, 2.24) is 10.2 Å². The van der Waals surface area contributed by atoms with E-state index >= 15 is 0 Å². The largest absolute Gasteiger partial charge is 0.278 e. The number of allylic oxidation sites excluding steroid dienone is 2. The van der Waals surface area contributed by atoms with Gasteiger partial charge in [0.25, 0.3) is 6.08 Å². The van der Waals surface area contributed by atoms with Crippen LogP contribution >= 0.6 is 0 Å². The molecule has 0 amide bonds. The van der Waals surface area contributed by atoms with Gasteiger partial charge in [0.2, 0.25) is 0 Å². The Balaban J connectivity index is 0.000000341. The molecule has 0 aliphatic heterocycles. The minimum absolute atomic E-state index is 0.169. The molecule has 2 nitrogen and oxygen atoms in total. The summed E-state index contributed by atoms with van der Waals surface area (Å²) >= 11 is 0. The first kappa shape index (κ1) is 19.0. The fourth-order valence-corrected chi connectivity index (χ4v) is 1.38. The highest BCUT2D eigenvalue weighted by Gasteiger charge is 1.98. The summed E-state index contributed by atoms with van der Waals surface area (Å²) < 4.78 is 23.5. The number of H-pyrrole nitrogens is 1. The number of halogens is 2. The number of hydrogen-bond donors (Lipinski definition) is 1. The van der Waals surface area contributed by atoms with Crippen molar-refractivity contribution >= 4 is 10.9 Å². The highest BCUT2D eigenvalue weighted by Crippen LogP contribution is 2.14. The summed E-state index contributed by atoms with van der Waals surface area (Å²) in [6.07, 6.45) is 1.34. The zero-order valence-corrected chi connectivity index (χ0v) is 13.2. The molecule has 2 rings (SSSR count).